The summed E-state index contributed by atoms with van der Waals surface area (Å²) in [6.45, 7) is 2.96. The van der Waals surface area contributed by atoms with Gasteiger partial charge in [-0.3, -0.25) is 9.58 Å². The molecule has 1 aromatic carbocycles. The Morgan fingerprint density at radius 3 is 2.72 bits per heavy atom. The van der Waals surface area contributed by atoms with Crippen molar-refractivity contribution in [2.75, 3.05) is 12.4 Å². The van der Waals surface area contributed by atoms with Gasteiger partial charge in [0.2, 0.25) is 0 Å². The molecular formula is C14H18N4. The fraction of sp³-hybridized carbons (Fsp3) is 0.357. The summed E-state index contributed by atoms with van der Waals surface area (Å²) < 4.78 is 1.99. The van der Waals surface area contributed by atoms with E-state index in [1.54, 1.807) is 0 Å². The molecule has 18 heavy (non-hydrogen) atoms. The number of aromatic nitrogens is 2. The summed E-state index contributed by atoms with van der Waals surface area (Å²) in [6.07, 6.45) is 0. The van der Waals surface area contributed by atoms with Crippen LogP contribution in [0.3, 0.4) is 0 Å². The van der Waals surface area contributed by atoms with Crippen LogP contribution in [0.5, 0.6) is 0 Å². The summed E-state index contributed by atoms with van der Waals surface area (Å²) in [4.78, 5) is 2.45. The van der Waals surface area contributed by atoms with Crippen LogP contribution in [-0.2, 0) is 26.7 Å². The molecule has 3 rings (SSSR count). The molecule has 0 bridgehead atoms. The van der Waals surface area contributed by atoms with Crippen molar-refractivity contribution in [3.05, 3.63) is 47.2 Å². The third-order valence-corrected chi connectivity index (χ3v) is 3.52. The van der Waals surface area contributed by atoms with Crippen LogP contribution in [0.15, 0.2) is 30.3 Å². The Balaban J connectivity index is 1.77. The molecule has 2 aromatic rings. The molecule has 4 nitrogen and oxygen atoms in total. The summed E-state index contributed by atoms with van der Waals surface area (Å²) in [6, 6.07) is 10.6. The van der Waals surface area contributed by atoms with Crippen molar-refractivity contribution < 1.29 is 0 Å². The number of hydrogen-bond acceptors (Lipinski definition) is 3. The lowest BCUT2D eigenvalue weighted by Crippen LogP contribution is -2.17. The van der Waals surface area contributed by atoms with E-state index in [0.717, 1.165) is 25.5 Å². The highest BCUT2D eigenvalue weighted by Crippen LogP contribution is 2.29. The van der Waals surface area contributed by atoms with Gasteiger partial charge in [0.05, 0.1) is 5.69 Å². The highest BCUT2D eigenvalue weighted by atomic mass is 15.3. The molecule has 94 valence electrons. The van der Waals surface area contributed by atoms with Gasteiger partial charge in [-0.1, -0.05) is 30.3 Å². The Bertz CT molecular complexity index is 544. The van der Waals surface area contributed by atoms with E-state index in [9.17, 15) is 0 Å². The smallest absolute Gasteiger partial charge is 0.152 e. The zero-order valence-electron chi connectivity index (χ0n) is 10.8. The lowest BCUT2D eigenvalue weighted by molar-refractivity contribution is 0.269. The molecule has 0 fully saturated rings. The number of fused-ring (bicyclic) bond motifs is 1. The lowest BCUT2D eigenvalue weighted by atomic mass is 10.2. The van der Waals surface area contributed by atoms with Crippen molar-refractivity contribution in [3.63, 3.8) is 0 Å². The minimum absolute atomic E-state index is 0.980. The van der Waals surface area contributed by atoms with Crippen LogP contribution in [0.2, 0.25) is 0 Å². The second-order valence-corrected chi connectivity index (χ2v) is 4.78. The number of aryl methyl sites for hydroxylation is 1. The molecule has 0 unspecified atom stereocenters. The van der Waals surface area contributed by atoms with Gasteiger partial charge < -0.3 is 5.32 Å². The Morgan fingerprint density at radius 2 is 2.00 bits per heavy atom. The molecule has 1 aliphatic rings. The highest BCUT2D eigenvalue weighted by molar-refractivity contribution is 5.48. The van der Waals surface area contributed by atoms with E-state index in [1.165, 1.54) is 16.8 Å². The number of benzene rings is 1. The molecule has 0 saturated heterocycles. The molecular weight excluding hydrogens is 224 g/mol. The Hall–Kier alpha value is -1.81. The Kier molecular flexibility index (Phi) is 2.80. The minimum Gasteiger partial charge on any atom is -0.371 e. The van der Waals surface area contributed by atoms with Crippen molar-refractivity contribution in [1.82, 2.24) is 14.7 Å². The van der Waals surface area contributed by atoms with Gasteiger partial charge in [-0.05, 0) is 5.56 Å². The molecule has 0 saturated carbocycles. The van der Waals surface area contributed by atoms with Crippen molar-refractivity contribution in [1.29, 1.82) is 0 Å². The van der Waals surface area contributed by atoms with E-state index < -0.39 is 0 Å². The second-order valence-electron chi connectivity index (χ2n) is 4.78. The van der Waals surface area contributed by atoms with E-state index in [0.29, 0.717) is 0 Å². The monoisotopic (exact) mass is 242 g/mol. The SMILES string of the molecule is CNc1nn(C)c2c1CN(Cc1ccccc1)C2. The summed E-state index contributed by atoms with van der Waals surface area (Å²) in [5.41, 5.74) is 4.04. The second kappa shape index (κ2) is 4.46. The van der Waals surface area contributed by atoms with Gasteiger partial charge >= 0.3 is 0 Å². The van der Waals surface area contributed by atoms with Gasteiger partial charge in [-0.15, -0.1) is 0 Å². The standard InChI is InChI=1S/C14H18N4/c1-15-14-12-9-18(10-13(12)17(2)16-14)8-11-6-4-3-5-7-11/h3-7H,8-10H2,1-2H3,(H,15,16). The van der Waals surface area contributed by atoms with Gasteiger partial charge in [0.1, 0.15) is 0 Å². The molecule has 2 heterocycles. The van der Waals surface area contributed by atoms with Gasteiger partial charge in [0.15, 0.2) is 5.82 Å². The van der Waals surface area contributed by atoms with Crippen LogP contribution < -0.4 is 5.32 Å². The van der Waals surface area contributed by atoms with Crippen LogP contribution in [0.4, 0.5) is 5.82 Å². The van der Waals surface area contributed by atoms with Gasteiger partial charge in [0.25, 0.3) is 0 Å². The van der Waals surface area contributed by atoms with E-state index in [1.807, 2.05) is 18.8 Å². The predicted octanol–water partition coefficient (Wildman–Crippen LogP) is 1.98. The maximum atomic E-state index is 4.47. The summed E-state index contributed by atoms with van der Waals surface area (Å²) in [5, 5.41) is 7.65. The molecule has 1 N–H and O–H groups in total. The van der Waals surface area contributed by atoms with Gasteiger partial charge in [-0.25, -0.2) is 0 Å². The molecule has 1 aliphatic heterocycles. The summed E-state index contributed by atoms with van der Waals surface area (Å²) in [7, 11) is 3.95. The third-order valence-electron chi connectivity index (χ3n) is 3.52. The first kappa shape index (κ1) is 11.3. The van der Waals surface area contributed by atoms with Crippen molar-refractivity contribution in [2.24, 2.45) is 7.05 Å². The first-order valence-electron chi connectivity index (χ1n) is 6.26. The van der Waals surface area contributed by atoms with E-state index in [-0.39, 0.29) is 0 Å². The first-order valence-corrected chi connectivity index (χ1v) is 6.26. The number of anilines is 1. The van der Waals surface area contributed by atoms with Crippen molar-refractivity contribution in [2.45, 2.75) is 19.6 Å². The summed E-state index contributed by atoms with van der Waals surface area (Å²) in [5.74, 6) is 1.02. The average molecular weight is 242 g/mol. The maximum Gasteiger partial charge on any atom is 0.152 e. The molecule has 0 spiro atoms. The topological polar surface area (TPSA) is 33.1 Å². The molecule has 0 atom stereocenters. The van der Waals surface area contributed by atoms with Gasteiger partial charge in [0, 0.05) is 39.3 Å². The zero-order chi connectivity index (χ0) is 12.5. The van der Waals surface area contributed by atoms with E-state index in [2.05, 4.69) is 45.6 Å². The third kappa shape index (κ3) is 1.88. The minimum atomic E-state index is 0.980. The predicted molar refractivity (Wildman–Crippen MR) is 72.1 cm³/mol. The molecule has 1 aromatic heterocycles. The fourth-order valence-electron chi connectivity index (χ4n) is 2.61. The fourth-order valence-corrected chi connectivity index (χ4v) is 2.61. The zero-order valence-corrected chi connectivity index (χ0v) is 10.8. The normalized spacial score (nSPS) is 14.8. The van der Waals surface area contributed by atoms with Crippen LogP contribution in [0, 0.1) is 0 Å². The Labute approximate surface area is 107 Å². The van der Waals surface area contributed by atoms with Crippen molar-refractivity contribution >= 4 is 5.82 Å². The number of hydrogen-bond donors (Lipinski definition) is 1. The van der Waals surface area contributed by atoms with Crippen molar-refractivity contribution in [3.8, 4) is 0 Å². The van der Waals surface area contributed by atoms with E-state index in [4.69, 9.17) is 0 Å². The number of nitrogens with zero attached hydrogens (tertiary/aromatic N) is 3. The molecule has 0 radical (unpaired) electrons. The molecule has 0 aliphatic carbocycles. The lowest BCUT2D eigenvalue weighted by Gasteiger charge is -2.15. The largest absolute Gasteiger partial charge is 0.371 e. The summed E-state index contributed by atoms with van der Waals surface area (Å²) >= 11 is 0. The number of nitrogens with one attached hydrogen (secondary N) is 1. The maximum absolute atomic E-state index is 4.47. The average Bonchev–Trinajstić information content (AvgIpc) is 2.91. The van der Waals surface area contributed by atoms with E-state index >= 15 is 0 Å². The Morgan fingerprint density at radius 1 is 1.22 bits per heavy atom. The van der Waals surface area contributed by atoms with Crippen LogP contribution in [0.1, 0.15) is 16.8 Å². The first-order chi connectivity index (χ1) is 8.78. The van der Waals surface area contributed by atoms with Crippen LogP contribution in [0.25, 0.3) is 0 Å². The van der Waals surface area contributed by atoms with Gasteiger partial charge in [-0.2, -0.15) is 5.10 Å². The molecule has 4 heteroatoms. The van der Waals surface area contributed by atoms with Crippen LogP contribution >= 0.6 is 0 Å². The van der Waals surface area contributed by atoms with Crippen LogP contribution in [-0.4, -0.2) is 21.7 Å². The number of rotatable bonds is 3. The highest BCUT2D eigenvalue weighted by Gasteiger charge is 2.26. The quantitative estimate of drug-likeness (QED) is 0.893. The molecule has 0 amide bonds.